The summed E-state index contributed by atoms with van der Waals surface area (Å²) in [5.41, 5.74) is 4.11. The monoisotopic (exact) mass is 251 g/mol. The fourth-order valence-electron chi connectivity index (χ4n) is 1.58. The first-order valence-corrected chi connectivity index (χ1v) is 6.18. The van der Waals surface area contributed by atoms with Crippen molar-refractivity contribution in [3.05, 3.63) is 27.3 Å². The van der Waals surface area contributed by atoms with Crippen molar-refractivity contribution in [2.75, 3.05) is 5.32 Å². The highest BCUT2D eigenvalue weighted by Gasteiger charge is 2.17. The highest BCUT2D eigenvalue weighted by Crippen LogP contribution is 2.21. The van der Waals surface area contributed by atoms with Crippen molar-refractivity contribution >= 4 is 23.1 Å². The molecule has 2 rings (SSSR count). The van der Waals surface area contributed by atoms with E-state index in [0.717, 1.165) is 23.4 Å². The van der Waals surface area contributed by atoms with Gasteiger partial charge in [0.2, 0.25) is 5.88 Å². The summed E-state index contributed by atoms with van der Waals surface area (Å²) in [5, 5.41) is 6.57. The summed E-state index contributed by atoms with van der Waals surface area (Å²) < 4.78 is 5.10. The van der Waals surface area contributed by atoms with Crippen LogP contribution in [0.2, 0.25) is 0 Å². The van der Waals surface area contributed by atoms with Gasteiger partial charge in [-0.15, -0.1) is 11.3 Å². The Labute approximate surface area is 103 Å². The summed E-state index contributed by atoms with van der Waals surface area (Å²) in [6, 6.07) is 0. The molecule has 2 aromatic rings. The van der Waals surface area contributed by atoms with Crippen LogP contribution in [0.25, 0.3) is 0 Å². The lowest BCUT2D eigenvalue weighted by Gasteiger charge is -2.01. The van der Waals surface area contributed by atoms with E-state index in [2.05, 4.69) is 15.5 Å². The maximum atomic E-state index is 11.9. The van der Waals surface area contributed by atoms with E-state index in [1.807, 2.05) is 13.8 Å². The SMILES string of the molecule is CCc1c(C)noc1NC(=O)c1scnc1C. The average molecular weight is 251 g/mol. The number of nitrogens with zero attached hydrogens (tertiary/aromatic N) is 2. The zero-order chi connectivity index (χ0) is 12.4. The molecule has 1 amide bonds. The molecule has 0 saturated carbocycles. The van der Waals surface area contributed by atoms with Gasteiger partial charge in [-0.25, -0.2) is 4.98 Å². The first kappa shape index (κ1) is 11.8. The fraction of sp³-hybridized carbons (Fsp3) is 0.364. The van der Waals surface area contributed by atoms with Gasteiger partial charge in [0.1, 0.15) is 4.88 Å². The number of aryl methyl sites for hydroxylation is 2. The molecular weight excluding hydrogens is 238 g/mol. The van der Waals surface area contributed by atoms with Gasteiger partial charge in [0.25, 0.3) is 5.91 Å². The number of amides is 1. The Morgan fingerprint density at radius 3 is 2.82 bits per heavy atom. The minimum atomic E-state index is -0.198. The van der Waals surface area contributed by atoms with Crippen LogP contribution < -0.4 is 5.32 Å². The van der Waals surface area contributed by atoms with Gasteiger partial charge >= 0.3 is 0 Å². The van der Waals surface area contributed by atoms with E-state index >= 15 is 0 Å². The van der Waals surface area contributed by atoms with Crippen LogP contribution in [0, 0.1) is 13.8 Å². The molecule has 0 saturated heterocycles. The molecule has 0 aliphatic heterocycles. The number of rotatable bonds is 3. The molecule has 0 spiro atoms. The molecular formula is C11H13N3O2S. The molecule has 0 aliphatic carbocycles. The fourth-order valence-corrected chi connectivity index (χ4v) is 2.28. The Morgan fingerprint density at radius 1 is 1.47 bits per heavy atom. The van der Waals surface area contributed by atoms with Crippen LogP contribution in [0.15, 0.2) is 10.0 Å². The van der Waals surface area contributed by atoms with Crippen LogP contribution in [-0.4, -0.2) is 16.0 Å². The van der Waals surface area contributed by atoms with Crippen molar-refractivity contribution in [3.63, 3.8) is 0 Å². The largest absolute Gasteiger partial charge is 0.338 e. The summed E-state index contributed by atoms with van der Waals surface area (Å²) in [6.45, 7) is 5.65. The van der Waals surface area contributed by atoms with Crippen LogP contribution in [0.5, 0.6) is 0 Å². The van der Waals surface area contributed by atoms with Gasteiger partial charge in [0.05, 0.1) is 16.9 Å². The maximum absolute atomic E-state index is 11.9. The summed E-state index contributed by atoms with van der Waals surface area (Å²) in [4.78, 5) is 16.6. The van der Waals surface area contributed by atoms with Gasteiger partial charge in [0.15, 0.2) is 0 Å². The molecule has 0 bridgehead atoms. The molecule has 6 heteroatoms. The van der Waals surface area contributed by atoms with Gasteiger partial charge in [-0.05, 0) is 20.3 Å². The number of hydrogen-bond acceptors (Lipinski definition) is 5. The molecule has 0 aliphatic rings. The smallest absolute Gasteiger partial charge is 0.270 e. The topological polar surface area (TPSA) is 68.0 Å². The quantitative estimate of drug-likeness (QED) is 0.910. The molecule has 2 aromatic heterocycles. The van der Waals surface area contributed by atoms with Crippen LogP contribution in [0.3, 0.4) is 0 Å². The molecule has 0 radical (unpaired) electrons. The summed E-state index contributed by atoms with van der Waals surface area (Å²) >= 11 is 1.31. The lowest BCUT2D eigenvalue weighted by molar-refractivity contribution is 0.102. The third kappa shape index (κ3) is 2.21. The highest BCUT2D eigenvalue weighted by molar-refractivity contribution is 7.12. The van der Waals surface area contributed by atoms with Crippen molar-refractivity contribution in [1.82, 2.24) is 10.1 Å². The van der Waals surface area contributed by atoms with Crippen LogP contribution in [0.4, 0.5) is 5.88 Å². The highest BCUT2D eigenvalue weighted by atomic mass is 32.1. The zero-order valence-corrected chi connectivity index (χ0v) is 10.7. The standard InChI is InChI=1S/C11H13N3O2S/c1-4-8-6(2)14-16-11(8)13-10(15)9-7(3)12-5-17-9/h5H,4H2,1-3H3,(H,13,15). The number of anilines is 1. The van der Waals surface area contributed by atoms with Crippen molar-refractivity contribution in [1.29, 1.82) is 0 Å². The second kappa shape index (κ2) is 4.67. The summed E-state index contributed by atoms with van der Waals surface area (Å²) in [6.07, 6.45) is 0.770. The minimum absolute atomic E-state index is 0.198. The van der Waals surface area contributed by atoms with E-state index in [1.54, 1.807) is 12.4 Å². The molecule has 90 valence electrons. The van der Waals surface area contributed by atoms with E-state index in [0.29, 0.717) is 10.8 Å². The Morgan fingerprint density at radius 2 is 2.24 bits per heavy atom. The number of hydrogen-bond donors (Lipinski definition) is 1. The van der Waals surface area contributed by atoms with Gasteiger partial charge < -0.3 is 4.52 Å². The number of nitrogens with one attached hydrogen (secondary N) is 1. The zero-order valence-electron chi connectivity index (χ0n) is 9.90. The molecule has 5 nitrogen and oxygen atoms in total. The predicted molar refractivity (Wildman–Crippen MR) is 65.4 cm³/mol. The van der Waals surface area contributed by atoms with E-state index < -0.39 is 0 Å². The van der Waals surface area contributed by atoms with Gasteiger partial charge in [-0.3, -0.25) is 10.1 Å². The number of carbonyl (C=O) groups excluding carboxylic acids is 1. The lowest BCUT2D eigenvalue weighted by Crippen LogP contribution is -2.12. The Bertz CT molecular complexity index is 545. The Kier molecular flexibility index (Phi) is 3.23. The minimum Gasteiger partial charge on any atom is -0.338 e. The van der Waals surface area contributed by atoms with E-state index in [-0.39, 0.29) is 5.91 Å². The maximum Gasteiger partial charge on any atom is 0.270 e. The lowest BCUT2D eigenvalue weighted by atomic mass is 10.2. The molecule has 0 fully saturated rings. The predicted octanol–water partition coefficient (Wildman–Crippen LogP) is 2.56. The molecule has 17 heavy (non-hydrogen) atoms. The van der Waals surface area contributed by atoms with Crippen LogP contribution in [-0.2, 0) is 6.42 Å². The van der Waals surface area contributed by atoms with Gasteiger partial charge in [0, 0.05) is 5.56 Å². The first-order valence-electron chi connectivity index (χ1n) is 5.30. The number of carbonyl (C=O) groups is 1. The normalized spacial score (nSPS) is 10.5. The van der Waals surface area contributed by atoms with E-state index in [1.165, 1.54) is 11.3 Å². The van der Waals surface area contributed by atoms with E-state index in [4.69, 9.17) is 4.52 Å². The second-order valence-corrected chi connectivity index (χ2v) is 4.51. The second-order valence-electron chi connectivity index (χ2n) is 3.65. The third-order valence-corrected chi connectivity index (χ3v) is 3.44. The van der Waals surface area contributed by atoms with Crippen molar-refractivity contribution in [2.45, 2.75) is 27.2 Å². The Balaban J connectivity index is 2.22. The van der Waals surface area contributed by atoms with Gasteiger partial charge in [-0.1, -0.05) is 12.1 Å². The molecule has 1 N–H and O–H groups in total. The Hall–Kier alpha value is -1.69. The summed E-state index contributed by atoms with van der Waals surface area (Å²) in [7, 11) is 0. The molecule has 0 atom stereocenters. The summed E-state index contributed by atoms with van der Waals surface area (Å²) in [5.74, 6) is 0.235. The van der Waals surface area contributed by atoms with Gasteiger partial charge in [-0.2, -0.15) is 0 Å². The molecule has 2 heterocycles. The van der Waals surface area contributed by atoms with Crippen LogP contribution >= 0.6 is 11.3 Å². The third-order valence-electron chi connectivity index (χ3n) is 2.52. The molecule has 0 unspecified atom stereocenters. The number of aromatic nitrogens is 2. The molecule has 0 aromatic carbocycles. The van der Waals surface area contributed by atoms with Crippen LogP contribution in [0.1, 0.15) is 33.5 Å². The number of thiazole rings is 1. The van der Waals surface area contributed by atoms with E-state index in [9.17, 15) is 4.79 Å². The van der Waals surface area contributed by atoms with Crippen molar-refractivity contribution < 1.29 is 9.32 Å². The average Bonchev–Trinajstić information content (AvgIpc) is 2.85. The van der Waals surface area contributed by atoms with Crippen molar-refractivity contribution in [3.8, 4) is 0 Å². The first-order chi connectivity index (χ1) is 8.13. The van der Waals surface area contributed by atoms with Crippen molar-refractivity contribution in [2.24, 2.45) is 0 Å².